The zero-order chi connectivity index (χ0) is 12.8. The van der Waals surface area contributed by atoms with Crippen molar-refractivity contribution in [1.29, 1.82) is 0 Å². The van der Waals surface area contributed by atoms with Crippen LogP contribution in [-0.2, 0) is 13.0 Å². The van der Waals surface area contributed by atoms with Crippen molar-refractivity contribution < 1.29 is 0 Å². The molecule has 102 valence electrons. The molecule has 1 aliphatic rings. The number of aryl methyl sites for hydroxylation is 1. The van der Waals surface area contributed by atoms with Gasteiger partial charge in [0.2, 0.25) is 0 Å². The summed E-state index contributed by atoms with van der Waals surface area (Å²) in [5, 5.41) is 8.42. The molecule has 0 aliphatic carbocycles. The number of aromatic nitrogens is 1. The van der Waals surface area contributed by atoms with Crippen LogP contribution in [0.15, 0.2) is 6.20 Å². The predicted molar refractivity (Wildman–Crippen MR) is 78.1 cm³/mol. The highest BCUT2D eigenvalue weighted by molar-refractivity contribution is 7.11. The van der Waals surface area contributed by atoms with E-state index in [1.165, 1.54) is 42.1 Å². The maximum atomic E-state index is 4.45. The van der Waals surface area contributed by atoms with Crippen LogP contribution >= 0.6 is 11.3 Å². The average Bonchev–Trinajstić information content (AvgIpc) is 2.85. The Morgan fingerprint density at radius 2 is 2.44 bits per heavy atom. The van der Waals surface area contributed by atoms with Crippen LogP contribution in [0.3, 0.4) is 0 Å². The van der Waals surface area contributed by atoms with Crippen LogP contribution in [0.4, 0.5) is 0 Å². The highest BCUT2D eigenvalue weighted by Gasteiger charge is 2.15. The number of rotatable bonds is 6. The summed E-state index contributed by atoms with van der Waals surface area (Å²) < 4.78 is 0. The van der Waals surface area contributed by atoms with Crippen molar-refractivity contribution >= 4 is 11.3 Å². The van der Waals surface area contributed by atoms with Gasteiger partial charge in [-0.05, 0) is 39.2 Å². The van der Waals surface area contributed by atoms with Crippen LogP contribution < -0.4 is 10.6 Å². The first kappa shape index (κ1) is 14.0. The first-order chi connectivity index (χ1) is 8.78. The Bertz CT molecular complexity index is 345. The number of piperidine rings is 1. The molecule has 0 bridgehead atoms. The fourth-order valence-corrected chi connectivity index (χ4v) is 3.30. The summed E-state index contributed by atoms with van der Waals surface area (Å²) in [6, 6.07) is 1.28. The van der Waals surface area contributed by atoms with Gasteiger partial charge in [-0.15, -0.1) is 11.3 Å². The molecule has 2 atom stereocenters. The topological polar surface area (TPSA) is 37.0 Å². The number of hydrogen-bond donors (Lipinski definition) is 2. The lowest BCUT2D eigenvalue weighted by molar-refractivity contribution is 0.344. The van der Waals surface area contributed by atoms with Crippen LogP contribution in [0, 0.1) is 0 Å². The van der Waals surface area contributed by atoms with E-state index in [0.29, 0.717) is 12.1 Å². The molecule has 0 spiro atoms. The fraction of sp³-hybridized carbons (Fsp3) is 0.786. The van der Waals surface area contributed by atoms with E-state index in [0.717, 1.165) is 13.0 Å². The van der Waals surface area contributed by atoms with E-state index < -0.39 is 0 Å². The van der Waals surface area contributed by atoms with E-state index in [2.05, 4.69) is 29.5 Å². The van der Waals surface area contributed by atoms with Crippen molar-refractivity contribution in [3.05, 3.63) is 16.1 Å². The highest BCUT2D eigenvalue weighted by Crippen LogP contribution is 2.15. The van der Waals surface area contributed by atoms with Gasteiger partial charge in [0, 0.05) is 29.7 Å². The molecule has 1 aliphatic heterocycles. The summed E-state index contributed by atoms with van der Waals surface area (Å²) in [4.78, 5) is 5.83. The second-order valence-electron chi connectivity index (χ2n) is 5.24. The summed E-state index contributed by atoms with van der Waals surface area (Å²) in [6.45, 7) is 6.58. The molecule has 2 N–H and O–H groups in total. The number of nitrogens with zero attached hydrogens (tertiary/aromatic N) is 1. The third kappa shape index (κ3) is 4.34. The maximum absolute atomic E-state index is 4.45. The van der Waals surface area contributed by atoms with Crippen LogP contribution in [0.5, 0.6) is 0 Å². The molecule has 0 amide bonds. The van der Waals surface area contributed by atoms with Crippen molar-refractivity contribution in [1.82, 2.24) is 15.6 Å². The fourth-order valence-electron chi connectivity index (χ4n) is 2.49. The number of hydrogen-bond acceptors (Lipinski definition) is 4. The Kier molecular flexibility index (Phi) is 5.60. The van der Waals surface area contributed by atoms with E-state index in [4.69, 9.17) is 0 Å². The lowest BCUT2D eigenvalue weighted by Gasteiger charge is -2.26. The van der Waals surface area contributed by atoms with Crippen LogP contribution in [0.1, 0.15) is 49.4 Å². The summed E-state index contributed by atoms with van der Waals surface area (Å²) in [5.74, 6) is 0. The zero-order valence-electron chi connectivity index (χ0n) is 11.5. The summed E-state index contributed by atoms with van der Waals surface area (Å²) in [6.07, 6.45) is 8.40. The van der Waals surface area contributed by atoms with Crippen molar-refractivity contribution in [2.45, 2.75) is 64.6 Å². The van der Waals surface area contributed by atoms with Crippen LogP contribution in [0.2, 0.25) is 0 Å². The van der Waals surface area contributed by atoms with Gasteiger partial charge in [0.15, 0.2) is 0 Å². The molecule has 2 heterocycles. The zero-order valence-corrected chi connectivity index (χ0v) is 12.4. The number of nitrogens with one attached hydrogen (secondary N) is 2. The molecule has 3 nitrogen and oxygen atoms in total. The molecule has 0 saturated carbocycles. The molecule has 1 fully saturated rings. The Morgan fingerprint density at radius 3 is 3.11 bits per heavy atom. The predicted octanol–water partition coefficient (Wildman–Crippen LogP) is 2.72. The largest absolute Gasteiger partial charge is 0.314 e. The molecule has 0 radical (unpaired) electrons. The van der Waals surface area contributed by atoms with Crippen molar-refractivity contribution in [3.8, 4) is 0 Å². The molecule has 0 aromatic carbocycles. The first-order valence-electron chi connectivity index (χ1n) is 7.18. The summed E-state index contributed by atoms with van der Waals surface area (Å²) in [5.41, 5.74) is 0. The van der Waals surface area contributed by atoms with Crippen LogP contribution in [0.25, 0.3) is 0 Å². The average molecular weight is 267 g/mol. The van der Waals surface area contributed by atoms with Gasteiger partial charge in [-0.2, -0.15) is 0 Å². The molecule has 2 unspecified atom stereocenters. The second-order valence-corrected chi connectivity index (χ2v) is 6.44. The van der Waals surface area contributed by atoms with E-state index in [1.807, 2.05) is 17.5 Å². The Hall–Kier alpha value is -0.450. The van der Waals surface area contributed by atoms with Gasteiger partial charge < -0.3 is 10.6 Å². The quantitative estimate of drug-likeness (QED) is 0.832. The number of thiazole rings is 1. The minimum absolute atomic E-state index is 0.564. The molecular formula is C14H25N3S. The molecule has 1 aromatic rings. The molecule has 1 aromatic heterocycles. The molecular weight excluding hydrogens is 242 g/mol. The van der Waals surface area contributed by atoms with Gasteiger partial charge in [0.05, 0.1) is 0 Å². The first-order valence-corrected chi connectivity index (χ1v) is 8.00. The molecule has 1 saturated heterocycles. The third-order valence-corrected chi connectivity index (χ3v) is 4.74. The van der Waals surface area contributed by atoms with Crippen molar-refractivity contribution in [2.24, 2.45) is 0 Å². The third-order valence-electron chi connectivity index (χ3n) is 3.60. The van der Waals surface area contributed by atoms with Gasteiger partial charge in [-0.25, -0.2) is 4.98 Å². The monoisotopic (exact) mass is 267 g/mol. The smallest absolute Gasteiger partial charge is 0.107 e. The Morgan fingerprint density at radius 1 is 1.56 bits per heavy atom. The van der Waals surface area contributed by atoms with E-state index in [9.17, 15) is 0 Å². The lowest BCUT2D eigenvalue weighted by atomic mass is 9.99. The van der Waals surface area contributed by atoms with E-state index in [1.54, 1.807) is 0 Å². The van der Waals surface area contributed by atoms with Crippen molar-refractivity contribution in [3.63, 3.8) is 0 Å². The van der Waals surface area contributed by atoms with Gasteiger partial charge in [-0.1, -0.05) is 13.3 Å². The van der Waals surface area contributed by atoms with E-state index in [-0.39, 0.29) is 0 Å². The molecule has 18 heavy (non-hydrogen) atoms. The maximum Gasteiger partial charge on any atom is 0.107 e. The van der Waals surface area contributed by atoms with Crippen molar-refractivity contribution in [2.75, 3.05) is 6.54 Å². The lowest BCUT2D eigenvalue weighted by Crippen LogP contribution is -2.39. The summed E-state index contributed by atoms with van der Waals surface area (Å²) in [7, 11) is 0. The normalized spacial score (nSPS) is 22.0. The molecule has 4 heteroatoms. The Labute approximate surface area is 114 Å². The highest BCUT2D eigenvalue weighted by atomic mass is 32.1. The van der Waals surface area contributed by atoms with E-state index >= 15 is 0 Å². The standard InChI is InChI=1S/C14H25N3S/c1-3-13-9-17-14(18-13)10-16-11(2)8-12-6-4-5-7-15-12/h9,11-12,15-16H,3-8,10H2,1-2H3. The summed E-state index contributed by atoms with van der Waals surface area (Å²) >= 11 is 1.83. The van der Waals surface area contributed by atoms with Gasteiger partial charge in [0.25, 0.3) is 0 Å². The Balaban J connectivity index is 1.68. The SMILES string of the molecule is CCc1cnc(CNC(C)CC2CCCCN2)s1. The van der Waals surface area contributed by atoms with Crippen LogP contribution in [-0.4, -0.2) is 23.6 Å². The minimum atomic E-state index is 0.564. The minimum Gasteiger partial charge on any atom is -0.314 e. The molecule has 2 rings (SSSR count). The second kappa shape index (κ2) is 7.22. The van der Waals surface area contributed by atoms with Gasteiger partial charge >= 0.3 is 0 Å². The van der Waals surface area contributed by atoms with Gasteiger partial charge in [-0.3, -0.25) is 0 Å². The van der Waals surface area contributed by atoms with Gasteiger partial charge in [0.1, 0.15) is 5.01 Å².